The number of hydrogen-bond acceptors (Lipinski definition) is 3. The van der Waals surface area contributed by atoms with Crippen molar-refractivity contribution in [2.24, 2.45) is 5.92 Å². The van der Waals surface area contributed by atoms with Crippen molar-refractivity contribution >= 4 is 5.69 Å². The van der Waals surface area contributed by atoms with Crippen LogP contribution >= 0.6 is 0 Å². The first-order valence-corrected chi connectivity index (χ1v) is 8.48. The van der Waals surface area contributed by atoms with Crippen molar-refractivity contribution in [3.63, 3.8) is 0 Å². The van der Waals surface area contributed by atoms with E-state index in [9.17, 15) is 5.11 Å². The Morgan fingerprint density at radius 1 is 1.05 bits per heavy atom. The Hall–Kier alpha value is -1.06. The van der Waals surface area contributed by atoms with Gasteiger partial charge in [0.15, 0.2) is 0 Å². The molecule has 0 aromatic heterocycles. The SMILES string of the molecule is CC(O)c1ccc(N2CCC(CN3CCCC3)CC2)cc1. The van der Waals surface area contributed by atoms with Crippen LogP contribution in [0.3, 0.4) is 0 Å². The van der Waals surface area contributed by atoms with Gasteiger partial charge in [0, 0.05) is 25.3 Å². The summed E-state index contributed by atoms with van der Waals surface area (Å²) in [7, 11) is 0. The molecule has 116 valence electrons. The van der Waals surface area contributed by atoms with Crippen molar-refractivity contribution in [1.82, 2.24) is 4.90 Å². The predicted octanol–water partition coefficient (Wildman–Crippen LogP) is 3.05. The number of hydrogen-bond donors (Lipinski definition) is 1. The van der Waals surface area contributed by atoms with Gasteiger partial charge in [-0.05, 0) is 69.3 Å². The predicted molar refractivity (Wildman–Crippen MR) is 87.7 cm³/mol. The molecule has 0 bridgehead atoms. The van der Waals surface area contributed by atoms with Gasteiger partial charge in [0.1, 0.15) is 0 Å². The van der Waals surface area contributed by atoms with Crippen molar-refractivity contribution in [2.75, 3.05) is 37.6 Å². The van der Waals surface area contributed by atoms with Gasteiger partial charge >= 0.3 is 0 Å². The maximum Gasteiger partial charge on any atom is 0.0761 e. The normalized spacial score (nSPS) is 22.7. The molecule has 1 unspecified atom stereocenters. The van der Waals surface area contributed by atoms with Gasteiger partial charge in [-0.1, -0.05) is 12.1 Å². The summed E-state index contributed by atoms with van der Waals surface area (Å²) in [6.07, 6.45) is 5.05. The lowest BCUT2D eigenvalue weighted by atomic mass is 9.95. The summed E-state index contributed by atoms with van der Waals surface area (Å²) < 4.78 is 0. The first-order chi connectivity index (χ1) is 10.2. The van der Waals surface area contributed by atoms with E-state index < -0.39 is 0 Å². The lowest BCUT2D eigenvalue weighted by Crippen LogP contribution is -2.38. The smallest absolute Gasteiger partial charge is 0.0761 e. The van der Waals surface area contributed by atoms with Gasteiger partial charge < -0.3 is 14.9 Å². The molecule has 3 nitrogen and oxygen atoms in total. The average molecular weight is 288 g/mol. The Bertz CT molecular complexity index is 429. The largest absolute Gasteiger partial charge is 0.389 e. The van der Waals surface area contributed by atoms with Gasteiger partial charge in [-0.3, -0.25) is 0 Å². The second-order valence-electron chi connectivity index (χ2n) is 6.71. The molecular formula is C18H28N2O. The maximum absolute atomic E-state index is 9.58. The summed E-state index contributed by atoms with van der Waals surface area (Å²) in [6.45, 7) is 8.12. The summed E-state index contributed by atoms with van der Waals surface area (Å²) in [5, 5.41) is 9.58. The van der Waals surface area contributed by atoms with Gasteiger partial charge in [0.05, 0.1) is 6.10 Å². The van der Waals surface area contributed by atoms with Crippen molar-refractivity contribution in [1.29, 1.82) is 0 Å². The summed E-state index contributed by atoms with van der Waals surface area (Å²) in [6, 6.07) is 8.42. The molecule has 1 aromatic rings. The zero-order chi connectivity index (χ0) is 14.7. The van der Waals surface area contributed by atoms with Crippen LogP contribution in [-0.2, 0) is 0 Å². The Kier molecular flexibility index (Phi) is 4.81. The first kappa shape index (κ1) is 14.9. The van der Waals surface area contributed by atoms with Crippen LogP contribution in [0.4, 0.5) is 5.69 Å². The lowest BCUT2D eigenvalue weighted by Gasteiger charge is -2.35. The van der Waals surface area contributed by atoms with Crippen LogP contribution in [0.2, 0.25) is 0 Å². The Morgan fingerprint density at radius 3 is 2.24 bits per heavy atom. The van der Waals surface area contributed by atoms with Crippen molar-refractivity contribution in [2.45, 2.75) is 38.7 Å². The molecule has 0 saturated carbocycles. The molecule has 0 aliphatic carbocycles. The lowest BCUT2D eigenvalue weighted by molar-refractivity contribution is 0.199. The summed E-state index contributed by atoms with van der Waals surface area (Å²) in [5.74, 6) is 0.885. The highest BCUT2D eigenvalue weighted by Crippen LogP contribution is 2.26. The standard InChI is InChI=1S/C18H28N2O/c1-15(21)17-4-6-18(7-5-17)20-12-8-16(9-13-20)14-19-10-2-3-11-19/h4-7,15-16,21H,2-3,8-14H2,1H3. The fourth-order valence-electron chi connectivity index (χ4n) is 3.67. The number of anilines is 1. The number of likely N-dealkylation sites (tertiary alicyclic amines) is 1. The van der Waals surface area contributed by atoms with Crippen molar-refractivity contribution in [3.05, 3.63) is 29.8 Å². The maximum atomic E-state index is 9.58. The van der Waals surface area contributed by atoms with Crippen LogP contribution in [0.1, 0.15) is 44.3 Å². The van der Waals surface area contributed by atoms with E-state index in [0.29, 0.717) is 0 Å². The Morgan fingerprint density at radius 2 is 1.67 bits per heavy atom. The highest BCUT2D eigenvalue weighted by Gasteiger charge is 2.22. The molecule has 0 spiro atoms. The zero-order valence-corrected chi connectivity index (χ0v) is 13.2. The van der Waals surface area contributed by atoms with Crippen LogP contribution < -0.4 is 4.90 Å². The van der Waals surface area contributed by atoms with E-state index in [1.807, 2.05) is 6.92 Å². The van der Waals surface area contributed by atoms with Gasteiger partial charge in [0.25, 0.3) is 0 Å². The van der Waals surface area contributed by atoms with E-state index in [1.54, 1.807) is 0 Å². The number of benzene rings is 1. The van der Waals surface area contributed by atoms with Crippen molar-refractivity contribution < 1.29 is 5.11 Å². The third kappa shape index (κ3) is 3.78. The minimum atomic E-state index is -0.370. The van der Waals surface area contributed by atoms with E-state index in [-0.39, 0.29) is 6.10 Å². The minimum Gasteiger partial charge on any atom is -0.389 e. The third-order valence-electron chi connectivity index (χ3n) is 5.07. The average Bonchev–Trinajstić information content (AvgIpc) is 3.01. The van der Waals surface area contributed by atoms with Crippen LogP contribution in [0, 0.1) is 5.92 Å². The van der Waals surface area contributed by atoms with E-state index in [2.05, 4.69) is 34.1 Å². The van der Waals surface area contributed by atoms with Crippen LogP contribution in [-0.4, -0.2) is 42.7 Å². The molecular weight excluding hydrogens is 260 g/mol. The summed E-state index contributed by atoms with van der Waals surface area (Å²) in [4.78, 5) is 5.14. The second kappa shape index (κ2) is 6.80. The molecule has 2 aliphatic rings. The Balaban J connectivity index is 1.50. The van der Waals surface area contributed by atoms with E-state index >= 15 is 0 Å². The van der Waals surface area contributed by atoms with Crippen molar-refractivity contribution in [3.8, 4) is 0 Å². The monoisotopic (exact) mass is 288 g/mol. The first-order valence-electron chi connectivity index (χ1n) is 8.48. The van der Waals surface area contributed by atoms with E-state index in [1.165, 1.54) is 64.1 Å². The van der Waals surface area contributed by atoms with Crippen LogP contribution in [0.25, 0.3) is 0 Å². The minimum absolute atomic E-state index is 0.370. The molecule has 21 heavy (non-hydrogen) atoms. The molecule has 2 saturated heterocycles. The number of rotatable bonds is 4. The van der Waals surface area contributed by atoms with Gasteiger partial charge in [-0.25, -0.2) is 0 Å². The Labute approximate surface area is 128 Å². The molecule has 3 heteroatoms. The molecule has 3 rings (SSSR count). The third-order valence-corrected chi connectivity index (χ3v) is 5.07. The highest BCUT2D eigenvalue weighted by molar-refractivity contribution is 5.48. The molecule has 2 fully saturated rings. The molecule has 2 heterocycles. The topological polar surface area (TPSA) is 26.7 Å². The number of piperidine rings is 1. The number of aliphatic hydroxyl groups is 1. The zero-order valence-electron chi connectivity index (χ0n) is 13.2. The van der Waals surface area contributed by atoms with E-state index in [0.717, 1.165) is 11.5 Å². The van der Waals surface area contributed by atoms with Crippen LogP contribution in [0.5, 0.6) is 0 Å². The number of aliphatic hydroxyl groups excluding tert-OH is 1. The van der Waals surface area contributed by atoms with Gasteiger partial charge in [0.2, 0.25) is 0 Å². The van der Waals surface area contributed by atoms with E-state index in [4.69, 9.17) is 0 Å². The van der Waals surface area contributed by atoms with Crippen LogP contribution in [0.15, 0.2) is 24.3 Å². The van der Waals surface area contributed by atoms with Gasteiger partial charge in [-0.15, -0.1) is 0 Å². The summed E-state index contributed by atoms with van der Waals surface area (Å²) in [5.41, 5.74) is 2.31. The molecule has 2 aliphatic heterocycles. The quantitative estimate of drug-likeness (QED) is 0.922. The fraction of sp³-hybridized carbons (Fsp3) is 0.667. The fourth-order valence-corrected chi connectivity index (χ4v) is 3.67. The second-order valence-corrected chi connectivity index (χ2v) is 6.71. The number of nitrogens with zero attached hydrogens (tertiary/aromatic N) is 2. The molecule has 1 aromatic carbocycles. The summed E-state index contributed by atoms with van der Waals surface area (Å²) >= 11 is 0. The highest BCUT2D eigenvalue weighted by atomic mass is 16.3. The van der Waals surface area contributed by atoms with Gasteiger partial charge in [-0.2, -0.15) is 0 Å². The molecule has 0 amide bonds. The molecule has 1 N–H and O–H groups in total. The molecule has 0 radical (unpaired) electrons. The molecule has 1 atom stereocenters.